The highest BCUT2D eigenvalue weighted by Crippen LogP contribution is 2.30. The van der Waals surface area contributed by atoms with Gasteiger partial charge in [0.2, 0.25) is 0 Å². The highest BCUT2D eigenvalue weighted by Gasteiger charge is 2.17. The molecule has 8 nitrogen and oxygen atoms in total. The molecule has 0 aliphatic heterocycles. The molecular weight excluding hydrogens is 463 g/mol. The smallest absolute Gasteiger partial charge is 0.262 e. The number of phenolic OH excluding ortho intramolecular Hbond substituents is 1. The zero-order valence-corrected chi connectivity index (χ0v) is 19.1. The highest BCUT2D eigenvalue weighted by atomic mass is 32.2. The molecule has 5 N–H and O–H groups in total. The van der Waals surface area contributed by atoms with Crippen LogP contribution < -0.4 is 14.8 Å². The molecule has 0 aliphatic rings. The van der Waals surface area contributed by atoms with E-state index in [0.717, 1.165) is 29.8 Å². The van der Waals surface area contributed by atoms with Gasteiger partial charge in [0, 0.05) is 18.7 Å². The second-order valence-corrected chi connectivity index (χ2v) is 9.36. The number of aliphatic hydroxyl groups excluding tert-OH is 2. The van der Waals surface area contributed by atoms with Crippen LogP contribution in [0.5, 0.6) is 11.5 Å². The first-order valence-corrected chi connectivity index (χ1v) is 12.1. The Morgan fingerprint density at radius 1 is 1.00 bits per heavy atom. The Bertz CT molecular complexity index is 1160. The first-order chi connectivity index (χ1) is 16.3. The van der Waals surface area contributed by atoms with Gasteiger partial charge in [-0.15, -0.1) is 0 Å². The average molecular weight is 491 g/mol. The van der Waals surface area contributed by atoms with Gasteiger partial charge in [-0.25, -0.2) is 12.8 Å². The molecule has 3 rings (SSSR count). The Morgan fingerprint density at radius 3 is 2.38 bits per heavy atom. The number of aromatic hydroxyl groups is 1. The van der Waals surface area contributed by atoms with Crippen molar-refractivity contribution < 1.29 is 32.9 Å². The molecule has 2 atom stereocenters. The lowest BCUT2D eigenvalue weighted by Gasteiger charge is -2.19. The van der Waals surface area contributed by atoms with Crippen molar-refractivity contribution in [2.75, 3.05) is 24.5 Å². The zero-order valence-electron chi connectivity index (χ0n) is 18.3. The van der Waals surface area contributed by atoms with Crippen LogP contribution in [0.25, 0.3) is 0 Å². The van der Waals surface area contributed by atoms with Crippen LogP contribution >= 0.6 is 0 Å². The molecule has 0 amide bonds. The van der Waals surface area contributed by atoms with Crippen molar-refractivity contribution >= 4 is 15.7 Å². The number of hydrogen-bond donors (Lipinski definition) is 5. The molecule has 0 fully saturated rings. The maximum absolute atomic E-state index is 13.1. The van der Waals surface area contributed by atoms with Crippen molar-refractivity contribution in [2.24, 2.45) is 0 Å². The number of anilines is 1. The third-order valence-corrected chi connectivity index (χ3v) is 6.35. The summed E-state index contributed by atoms with van der Waals surface area (Å²) in [7, 11) is -4.06. The molecule has 0 radical (unpaired) electrons. The first-order valence-electron chi connectivity index (χ1n) is 10.6. The van der Waals surface area contributed by atoms with Crippen molar-refractivity contribution in [3.05, 3.63) is 84.2 Å². The highest BCUT2D eigenvalue weighted by molar-refractivity contribution is 7.92. The van der Waals surface area contributed by atoms with E-state index in [1.807, 2.05) is 30.3 Å². The Morgan fingerprint density at radius 2 is 1.71 bits per heavy atom. The van der Waals surface area contributed by atoms with Crippen molar-refractivity contribution in [1.29, 1.82) is 0 Å². The molecule has 0 bridgehead atoms. The molecule has 0 aliphatic carbocycles. The molecule has 0 saturated carbocycles. The van der Waals surface area contributed by atoms with Crippen molar-refractivity contribution in [2.45, 2.75) is 23.5 Å². The van der Waals surface area contributed by atoms with Crippen LogP contribution in [0.2, 0.25) is 0 Å². The minimum atomic E-state index is -4.06. The van der Waals surface area contributed by atoms with Crippen molar-refractivity contribution in [1.82, 2.24) is 5.32 Å². The maximum Gasteiger partial charge on any atom is 0.262 e. The van der Waals surface area contributed by atoms with Gasteiger partial charge in [0.15, 0.2) is 0 Å². The molecule has 34 heavy (non-hydrogen) atoms. The molecular formula is C24H27FN2O6S. The summed E-state index contributed by atoms with van der Waals surface area (Å²) >= 11 is 0. The quantitative estimate of drug-likeness (QED) is 0.246. The molecule has 3 aromatic rings. The van der Waals surface area contributed by atoms with E-state index in [0.29, 0.717) is 6.42 Å². The van der Waals surface area contributed by atoms with Crippen molar-refractivity contribution in [3.63, 3.8) is 0 Å². The SMILES string of the molecule is O=S(=O)(Nc1cc(OC[C@@H](O)CN[C@H](CO)Cc2ccccc2)ccc1O)c1ccc(F)cc1. The molecule has 0 spiro atoms. The lowest BCUT2D eigenvalue weighted by Crippen LogP contribution is -2.41. The number of halogens is 1. The predicted molar refractivity (Wildman–Crippen MR) is 126 cm³/mol. The minimum absolute atomic E-state index is 0.0992. The van der Waals surface area contributed by atoms with Crippen LogP contribution in [0.15, 0.2) is 77.7 Å². The summed E-state index contributed by atoms with van der Waals surface area (Å²) < 4.78 is 45.8. The average Bonchev–Trinajstić information content (AvgIpc) is 2.83. The molecule has 3 aromatic carbocycles. The van der Waals surface area contributed by atoms with Crippen LogP contribution in [0.1, 0.15) is 5.56 Å². The fourth-order valence-electron chi connectivity index (χ4n) is 3.16. The summed E-state index contributed by atoms with van der Waals surface area (Å²) in [5, 5.41) is 32.9. The van der Waals surface area contributed by atoms with Crippen LogP contribution in [0, 0.1) is 5.82 Å². The lowest BCUT2D eigenvalue weighted by atomic mass is 10.1. The van der Waals surface area contributed by atoms with Gasteiger partial charge >= 0.3 is 0 Å². The number of hydrogen-bond acceptors (Lipinski definition) is 7. The Kier molecular flexibility index (Phi) is 8.83. The Balaban J connectivity index is 1.54. The number of phenols is 1. The van der Waals surface area contributed by atoms with E-state index < -0.39 is 21.9 Å². The molecule has 0 saturated heterocycles. The number of sulfonamides is 1. The van der Waals surface area contributed by atoms with Crippen molar-refractivity contribution in [3.8, 4) is 11.5 Å². The van der Waals surface area contributed by atoms with Gasteiger partial charge in [0.05, 0.1) is 17.2 Å². The zero-order chi connectivity index (χ0) is 24.6. The number of nitrogens with one attached hydrogen (secondary N) is 2. The van der Waals surface area contributed by atoms with Gasteiger partial charge in [-0.2, -0.15) is 0 Å². The summed E-state index contributed by atoms with van der Waals surface area (Å²) in [6, 6.07) is 17.6. The molecule has 0 heterocycles. The fraction of sp³-hybridized carbons (Fsp3) is 0.250. The molecule has 182 valence electrons. The second kappa shape index (κ2) is 11.8. The Hall–Kier alpha value is -3.18. The molecule has 10 heteroatoms. The number of rotatable bonds is 12. The topological polar surface area (TPSA) is 128 Å². The van der Waals surface area contributed by atoms with Gasteiger partial charge in [0.1, 0.15) is 30.0 Å². The van der Waals surface area contributed by atoms with Gasteiger partial charge in [0.25, 0.3) is 10.0 Å². The summed E-state index contributed by atoms with van der Waals surface area (Å²) in [4.78, 5) is -0.171. The largest absolute Gasteiger partial charge is 0.506 e. The van der Waals surface area contributed by atoms with Crippen LogP contribution in [0.4, 0.5) is 10.1 Å². The van der Waals surface area contributed by atoms with Crippen LogP contribution in [0.3, 0.4) is 0 Å². The van der Waals surface area contributed by atoms with Gasteiger partial charge in [-0.05, 0) is 48.4 Å². The molecule has 0 unspecified atom stereocenters. The van der Waals surface area contributed by atoms with E-state index in [-0.39, 0.29) is 47.9 Å². The standard InChI is InChI=1S/C24H27FN2O6S/c25-18-6-9-22(10-7-18)34(31,32)27-23-13-21(8-11-24(23)30)33-16-20(29)14-26-19(15-28)12-17-4-2-1-3-5-17/h1-11,13,19-20,26-30H,12,14-16H2/t19-,20-/m0/s1. The number of ether oxygens (including phenoxy) is 1. The van der Waals surface area contributed by atoms with Crippen LogP contribution in [-0.4, -0.2) is 55.6 Å². The summed E-state index contributed by atoms with van der Waals surface area (Å²) in [6.45, 7) is -0.0381. The van der Waals surface area contributed by atoms with Gasteiger partial charge in [-0.1, -0.05) is 30.3 Å². The fourth-order valence-corrected chi connectivity index (χ4v) is 4.22. The predicted octanol–water partition coefficient (Wildman–Crippen LogP) is 2.27. The van der Waals surface area contributed by atoms with E-state index in [9.17, 15) is 28.1 Å². The summed E-state index contributed by atoms with van der Waals surface area (Å²) in [5.74, 6) is -0.681. The Labute approximate surface area is 197 Å². The second-order valence-electron chi connectivity index (χ2n) is 7.68. The number of aliphatic hydroxyl groups is 2. The first kappa shape index (κ1) is 25.4. The van der Waals surface area contributed by atoms with E-state index in [1.54, 1.807) is 0 Å². The monoisotopic (exact) mass is 490 g/mol. The van der Waals surface area contributed by atoms with Gasteiger partial charge in [-0.3, -0.25) is 4.72 Å². The molecule has 0 aromatic heterocycles. The normalized spacial score (nSPS) is 13.3. The van der Waals surface area contributed by atoms with Gasteiger partial charge < -0.3 is 25.4 Å². The van der Waals surface area contributed by atoms with E-state index in [2.05, 4.69) is 10.0 Å². The lowest BCUT2D eigenvalue weighted by molar-refractivity contribution is 0.0997. The summed E-state index contributed by atoms with van der Waals surface area (Å²) in [6.07, 6.45) is -0.307. The number of benzene rings is 3. The third-order valence-electron chi connectivity index (χ3n) is 4.97. The summed E-state index contributed by atoms with van der Waals surface area (Å²) in [5.41, 5.74) is 0.928. The maximum atomic E-state index is 13.1. The van der Waals surface area contributed by atoms with Crippen LogP contribution in [-0.2, 0) is 16.4 Å². The van der Waals surface area contributed by atoms with E-state index in [1.165, 1.54) is 18.2 Å². The minimum Gasteiger partial charge on any atom is -0.506 e. The van der Waals surface area contributed by atoms with E-state index in [4.69, 9.17) is 4.74 Å². The van der Waals surface area contributed by atoms with E-state index >= 15 is 0 Å². The third kappa shape index (κ3) is 7.42.